The number of carbonyl (C=O) groups excluding carboxylic acids is 2. The molecule has 0 aliphatic carbocycles. The van der Waals surface area contributed by atoms with Crippen LogP contribution in [-0.2, 0) is 20.7 Å². The number of rotatable bonds is 11. The zero-order chi connectivity index (χ0) is 18.7. The molecule has 0 aliphatic rings. The molecule has 140 valence electrons. The Labute approximate surface area is 150 Å². The first-order valence-electron chi connectivity index (χ1n) is 8.76. The molecule has 0 aromatic heterocycles. The van der Waals surface area contributed by atoms with Crippen LogP contribution in [0.5, 0.6) is 5.75 Å². The Bertz CT molecular complexity index is 529. The number of carbonyl (C=O) groups is 2. The predicted octanol–water partition coefficient (Wildman–Crippen LogP) is 1.97. The van der Waals surface area contributed by atoms with Gasteiger partial charge in [0, 0.05) is 19.6 Å². The second-order valence-corrected chi connectivity index (χ2v) is 5.99. The van der Waals surface area contributed by atoms with Crippen LogP contribution in [0.15, 0.2) is 24.3 Å². The second kappa shape index (κ2) is 11.5. The van der Waals surface area contributed by atoms with Gasteiger partial charge in [0.15, 0.2) is 0 Å². The minimum Gasteiger partial charge on any atom is -0.494 e. The van der Waals surface area contributed by atoms with Crippen molar-refractivity contribution in [3.63, 3.8) is 0 Å². The number of amides is 1. The van der Waals surface area contributed by atoms with Crippen LogP contribution >= 0.6 is 0 Å². The molecule has 0 saturated carbocycles. The van der Waals surface area contributed by atoms with Gasteiger partial charge >= 0.3 is 5.97 Å². The summed E-state index contributed by atoms with van der Waals surface area (Å²) in [6, 6.07) is 7.54. The van der Waals surface area contributed by atoms with Crippen molar-refractivity contribution in [1.29, 1.82) is 0 Å². The highest BCUT2D eigenvalue weighted by Gasteiger charge is 2.16. The predicted molar refractivity (Wildman–Crippen MR) is 97.7 cm³/mol. The van der Waals surface area contributed by atoms with E-state index < -0.39 is 0 Å². The van der Waals surface area contributed by atoms with E-state index in [1.165, 1.54) is 0 Å². The molecule has 0 radical (unpaired) electrons. The van der Waals surface area contributed by atoms with Crippen LogP contribution in [-0.4, -0.2) is 68.6 Å². The summed E-state index contributed by atoms with van der Waals surface area (Å²) >= 11 is 0. The van der Waals surface area contributed by atoms with Gasteiger partial charge in [-0.2, -0.15) is 0 Å². The van der Waals surface area contributed by atoms with E-state index in [4.69, 9.17) is 9.47 Å². The fraction of sp³-hybridized carbons (Fsp3) is 0.579. The zero-order valence-electron chi connectivity index (χ0n) is 15.8. The lowest BCUT2D eigenvalue weighted by atomic mass is 10.1. The first-order chi connectivity index (χ1) is 12.0. The van der Waals surface area contributed by atoms with Gasteiger partial charge in [-0.3, -0.25) is 9.59 Å². The molecule has 0 spiro atoms. The quantitative estimate of drug-likeness (QED) is 0.571. The second-order valence-electron chi connectivity index (χ2n) is 5.99. The number of hydrogen-bond donors (Lipinski definition) is 0. The Morgan fingerprint density at radius 1 is 0.960 bits per heavy atom. The average Bonchev–Trinajstić information content (AvgIpc) is 2.56. The van der Waals surface area contributed by atoms with Gasteiger partial charge in [0.1, 0.15) is 5.75 Å². The summed E-state index contributed by atoms with van der Waals surface area (Å²) in [6.07, 6.45) is 0.527. The number of nitrogens with zero attached hydrogens (tertiary/aromatic N) is 2. The lowest BCUT2D eigenvalue weighted by Gasteiger charge is -2.24. The molecule has 1 rings (SSSR count). The van der Waals surface area contributed by atoms with Crippen LogP contribution in [0.3, 0.4) is 0 Å². The van der Waals surface area contributed by atoms with Crippen LogP contribution < -0.4 is 4.74 Å². The molecular formula is C19H30N2O4. The molecule has 0 bridgehead atoms. The molecule has 0 saturated heterocycles. The standard InChI is InChI=1S/C19H30N2O4/c1-5-24-17-9-7-16(8-10-17)15-18(22)21(14-13-20(3)4)12-11-19(23)25-6-2/h7-10H,5-6,11-15H2,1-4H3. The number of hydrogen-bond acceptors (Lipinski definition) is 5. The van der Waals surface area contributed by atoms with Gasteiger partial charge in [-0.05, 0) is 45.6 Å². The summed E-state index contributed by atoms with van der Waals surface area (Å²) in [5.41, 5.74) is 0.930. The minimum absolute atomic E-state index is 0.00954. The normalized spacial score (nSPS) is 10.6. The molecule has 1 amide bonds. The molecule has 0 fully saturated rings. The summed E-state index contributed by atoms with van der Waals surface area (Å²) in [7, 11) is 3.92. The maximum atomic E-state index is 12.6. The fourth-order valence-electron chi connectivity index (χ4n) is 2.30. The molecule has 6 nitrogen and oxygen atoms in total. The minimum atomic E-state index is -0.272. The molecule has 1 aromatic carbocycles. The molecule has 0 aliphatic heterocycles. The highest BCUT2D eigenvalue weighted by atomic mass is 16.5. The van der Waals surface area contributed by atoms with E-state index in [0.717, 1.165) is 17.9 Å². The molecule has 1 aromatic rings. The van der Waals surface area contributed by atoms with Gasteiger partial charge in [0.05, 0.1) is 26.1 Å². The third-order valence-electron chi connectivity index (χ3n) is 3.65. The van der Waals surface area contributed by atoms with Gasteiger partial charge in [-0.25, -0.2) is 0 Å². The van der Waals surface area contributed by atoms with Crippen LogP contribution in [0.4, 0.5) is 0 Å². The highest BCUT2D eigenvalue weighted by molar-refractivity contribution is 5.79. The van der Waals surface area contributed by atoms with Crippen LogP contribution in [0.1, 0.15) is 25.8 Å². The lowest BCUT2D eigenvalue weighted by Crippen LogP contribution is -2.39. The zero-order valence-corrected chi connectivity index (χ0v) is 15.8. The molecular weight excluding hydrogens is 320 g/mol. The van der Waals surface area contributed by atoms with Gasteiger partial charge in [-0.15, -0.1) is 0 Å². The smallest absolute Gasteiger partial charge is 0.307 e. The van der Waals surface area contributed by atoms with Crippen molar-refractivity contribution in [2.24, 2.45) is 0 Å². The summed E-state index contributed by atoms with van der Waals surface area (Å²) in [5.74, 6) is 0.534. The van der Waals surface area contributed by atoms with Crippen molar-refractivity contribution in [3.8, 4) is 5.75 Å². The Morgan fingerprint density at radius 3 is 2.20 bits per heavy atom. The third kappa shape index (κ3) is 8.54. The summed E-state index contributed by atoms with van der Waals surface area (Å²) in [5, 5.41) is 0. The fourth-order valence-corrected chi connectivity index (χ4v) is 2.30. The third-order valence-corrected chi connectivity index (χ3v) is 3.65. The summed E-state index contributed by atoms with van der Waals surface area (Å²) < 4.78 is 10.4. The van der Waals surface area contributed by atoms with E-state index in [9.17, 15) is 9.59 Å². The Morgan fingerprint density at radius 2 is 1.64 bits per heavy atom. The Hall–Kier alpha value is -2.08. The van der Waals surface area contributed by atoms with E-state index in [1.807, 2.05) is 50.2 Å². The van der Waals surface area contributed by atoms with Crippen molar-refractivity contribution in [3.05, 3.63) is 29.8 Å². The molecule has 0 atom stereocenters. The molecule has 0 N–H and O–H groups in total. The molecule has 0 unspecified atom stereocenters. The first-order valence-corrected chi connectivity index (χ1v) is 8.76. The van der Waals surface area contributed by atoms with Crippen molar-refractivity contribution < 1.29 is 19.1 Å². The van der Waals surface area contributed by atoms with E-state index in [1.54, 1.807) is 11.8 Å². The van der Waals surface area contributed by atoms with E-state index in [-0.39, 0.29) is 18.3 Å². The number of esters is 1. The lowest BCUT2D eigenvalue weighted by molar-refractivity contribution is -0.144. The van der Waals surface area contributed by atoms with Crippen molar-refractivity contribution in [1.82, 2.24) is 9.80 Å². The average molecular weight is 350 g/mol. The van der Waals surface area contributed by atoms with Crippen LogP contribution in [0.25, 0.3) is 0 Å². The molecule has 6 heteroatoms. The monoisotopic (exact) mass is 350 g/mol. The number of benzene rings is 1. The Balaban J connectivity index is 2.64. The van der Waals surface area contributed by atoms with Crippen molar-refractivity contribution in [2.75, 3.05) is 46.9 Å². The maximum Gasteiger partial charge on any atom is 0.307 e. The highest BCUT2D eigenvalue weighted by Crippen LogP contribution is 2.13. The SMILES string of the molecule is CCOC(=O)CCN(CCN(C)C)C(=O)Cc1ccc(OCC)cc1. The van der Waals surface area contributed by atoms with Crippen LogP contribution in [0, 0.1) is 0 Å². The number of ether oxygens (including phenoxy) is 2. The first kappa shape index (κ1) is 21.0. The van der Waals surface area contributed by atoms with Gasteiger partial charge in [0.25, 0.3) is 0 Å². The van der Waals surface area contributed by atoms with E-state index >= 15 is 0 Å². The topological polar surface area (TPSA) is 59.1 Å². The van der Waals surface area contributed by atoms with E-state index in [2.05, 4.69) is 0 Å². The molecule has 0 heterocycles. The number of likely N-dealkylation sites (N-methyl/N-ethyl adjacent to an activating group) is 1. The van der Waals surface area contributed by atoms with Gasteiger partial charge in [0.2, 0.25) is 5.91 Å². The van der Waals surface area contributed by atoms with Gasteiger partial charge in [-0.1, -0.05) is 12.1 Å². The molecule has 25 heavy (non-hydrogen) atoms. The largest absolute Gasteiger partial charge is 0.494 e. The van der Waals surface area contributed by atoms with E-state index in [0.29, 0.717) is 32.7 Å². The van der Waals surface area contributed by atoms with Gasteiger partial charge < -0.3 is 19.3 Å². The maximum absolute atomic E-state index is 12.6. The Kier molecular flexibility index (Phi) is 9.62. The van der Waals surface area contributed by atoms with Crippen molar-refractivity contribution >= 4 is 11.9 Å². The summed E-state index contributed by atoms with van der Waals surface area (Å²) in [6.45, 7) is 6.39. The van der Waals surface area contributed by atoms with Crippen molar-refractivity contribution in [2.45, 2.75) is 26.7 Å². The van der Waals surface area contributed by atoms with Crippen LogP contribution in [0.2, 0.25) is 0 Å². The summed E-state index contributed by atoms with van der Waals surface area (Å²) in [4.78, 5) is 28.0.